The first kappa shape index (κ1) is 13.1. The van der Waals surface area contributed by atoms with Gasteiger partial charge < -0.3 is 10.2 Å². The largest absolute Gasteiger partial charge is 0.314 e. The van der Waals surface area contributed by atoms with Crippen molar-refractivity contribution in [3.8, 4) is 0 Å². The zero-order valence-electron chi connectivity index (χ0n) is 11.5. The van der Waals surface area contributed by atoms with E-state index in [-0.39, 0.29) is 11.9 Å². The molecule has 98 valence electrons. The lowest BCUT2D eigenvalue weighted by Gasteiger charge is -2.28. The van der Waals surface area contributed by atoms with E-state index in [1.807, 2.05) is 4.90 Å². The SMILES string of the molecule is Cc1ccc(N2CCCNC(C)CC2=O)cc1C. The van der Waals surface area contributed by atoms with E-state index in [0.717, 1.165) is 25.2 Å². The molecular weight excluding hydrogens is 224 g/mol. The monoisotopic (exact) mass is 246 g/mol. The van der Waals surface area contributed by atoms with Crippen molar-refractivity contribution in [1.82, 2.24) is 5.32 Å². The number of aryl methyl sites for hydroxylation is 2. The van der Waals surface area contributed by atoms with E-state index in [2.05, 4.69) is 44.3 Å². The lowest BCUT2D eigenvalue weighted by Crippen LogP contribution is -2.42. The molecule has 1 saturated heterocycles. The first-order valence-electron chi connectivity index (χ1n) is 6.69. The highest BCUT2D eigenvalue weighted by Crippen LogP contribution is 2.21. The van der Waals surface area contributed by atoms with E-state index >= 15 is 0 Å². The second-order valence-electron chi connectivity index (χ2n) is 5.23. The molecule has 1 amide bonds. The van der Waals surface area contributed by atoms with Crippen LogP contribution < -0.4 is 10.2 Å². The Balaban J connectivity index is 2.23. The predicted molar refractivity (Wildman–Crippen MR) is 75.0 cm³/mol. The third kappa shape index (κ3) is 2.91. The molecule has 1 heterocycles. The van der Waals surface area contributed by atoms with E-state index in [1.54, 1.807) is 0 Å². The lowest BCUT2D eigenvalue weighted by molar-refractivity contribution is -0.119. The molecule has 1 aliphatic rings. The van der Waals surface area contributed by atoms with Gasteiger partial charge in [0.25, 0.3) is 0 Å². The third-order valence-electron chi connectivity index (χ3n) is 3.64. The Labute approximate surface area is 109 Å². The molecule has 1 N–H and O–H groups in total. The van der Waals surface area contributed by atoms with Gasteiger partial charge in [-0.2, -0.15) is 0 Å². The van der Waals surface area contributed by atoms with Crippen LogP contribution in [0.25, 0.3) is 0 Å². The van der Waals surface area contributed by atoms with Crippen molar-refractivity contribution in [2.45, 2.75) is 39.7 Å². The van der Waals surface area contributed by atoms with Gasteiger partial charge in [0.2, 0.25) is 5.91 Å². The Hall–Kier alpha value is -1.35. The Morgan fingerprint density at radius 2 is 2.06 bits per heavy atom. The first-order chi connectivity index (χ1) is 8.58. The molecule has 2 rings (SSSR count). The van der Waals surface area contributed by atoms with Crippen LogP contribution in [-0.4, -0.2) is 25.0 Å². The van der Waals surface area contributed by atoms with Crippen LogP contribution in [0.3, 0.4) is 0 Å². The van der Waals surface area contributed by atoms with Crippen molar-refractivity contribution in [3.63, 3.8) is 0 Å². The summed E-state index contributed by atoms with van der Waals surface area (Å²) in [5.74, 6) is 0.220. The van der Waals surface area contributed by atoms with E-state index in [4.69, 9.17) is 0 Å². The van der Waals surface area contributed by atoms with Crippen LogP contribution in [0.15, 0.2) is 18.2 Å². The number of hydrogen-bond acceptors (Lipinski definition) is 2. The zero-order valence-corrected chi connectivity index (χ0v) is 11.5. The summed E-state index contributed by atoms with van der Waals surface area (Å²) < 4.78 is 0. The minimum absolute atomic E-state index is 0.220. The minimum Gasteiger partial charge on any atom is -0.314 e. The highest BCUT2D eigenvalue weighted by atomic mass is 16.2. The number of anilines is 1. The van der Waals surface area contributed by atoms with Crippen molar-refractivity contribution in [2.75, 3.05) is 18.0 Å². The van der Waals surface area contributed by atoms with Crippen LogP contribution in [0.1, 0.15) is 30.9 Å². The molecule has 18 heavy (non-hydrogen) atoms. The van der Waals surface area contributed by atoms with Crippen LogP contribution >= 0.6 is 0 Å². The molecule has 1 fully saturated rings. The van der Waals surface area contributed by atoms with E-state index in [9.17, 15) is 4.79 Å². The van der Waals surface area contributed by atoms with Crippen molar-refractivity contribution < 1.29 is 4.79 Å². The molecular formula is C15H22N2O. The molecule has 1 unspecified atom stereocenters. The standard InChI is InChI=1S/C15H22N2O/c1-11-5-6-14(9-12(11)2)17-8-4-7-16-13(3)10-15(17)18/h5-6,9,13,16H,4,7-8,10H2,1-3H3. The molecule has 0 radical (unpaired) electrons. The van der Waals surface area contributed by atoms with E-state index in [1.165, 1.54) is 11.1 Å². The van der Waals surface area contributed by atoms with Gasteiger partial charge in [-0.25, -0.2) is 0 Å². The number of benzene rings is 1. The topological polar surface area (TPSA) is 32.3 Å². The number of nitrogens with one attached hydrogen (secondary N) is 1. The van der Waals surface area contributed by atoms with Gasteiger partial charge in [-0.3, -0.25) is 4.79 Å². The highest BCUT2D eigenvalue weighted by Gasteiger charge is 2.20. The van der Waals surface area contributed by atoms with Gasteiger partial charge >= 0.3 is 0 Å². The summed E-state index contributed by atoms with van der Waals surface area (Å²) in [5, 5.41) is 3.36. The Morgan fingerprint density at radius 3 is 2.78 bits per heavy atom. The molecule has 1 atom stereocenters. The fraction of sp³-hybridized carbons (Fsp3) is 0.533. The number of amides is 1. The maximum Gasteiger partial charge on any atom is 0.228 e. The first-order valence-corrected chi connectivity index (χ1v) is 6.69. The summed E-state index contributed by atoms with van der Waals surface area (Å²) in [6.07, 6.45) is 1.58. The second-order valence-corrected chi connectivity index (χ2v) is 5.23. The molecule has 1 aliphatic heterocycles. The van der Waals surface area contributed by atoms with E-state index < -0.39 is 0 Å². The summed E-state index contributed by atoms with van der Waals surface area (Å²) in [6.45, 7) is 8.05. The summed E-state index contributed by atoms with van der Waals surface area (Å²) in [6, 6.07) is 6.54. The summed E-state index contributed by atoms with van der Waals surface area (Å²) in [4.78, 5) is 14.2. The van der Waals surface area contributed by atoms with Gasteiger partial charge in [-0.15, -0.1) is 0 Å². The average molecular weight is 246 g/mol. The summed E-state index contributed by atoms with van der Waals surface area (Å²) in [5.41, 5.74) is 3.55. The van der Waals surface area contributed by atoms with Gasteiger partial charge in [-0.1, -0.05) is 6.07 Å². The van der Waals surface area contributed by atoms with Gasteiger partial charge in [0.1, 0.15) is 0 Å². The van der Waals surface area contributed by atoms with Crippen LogP contribution in [0.5, 0.6) is 0 Å². The van der Waals surface area contributed by atoms with Crippen molar-refractivity contribution in [2.24, 2.45) is 0 Å². The molecule has 0 spiro atoms. The molecule has 1 aromatic carbocycles. The van der Waals surface area contributed by atoms with Crippen LogP contribution in [-0.2, 0) is 4.79 Å². The maximum absolute atomic E-state index is 12.3. The minimum atomic E-state index is 0.220. The molecule has 1 aromatic rings. The van der Waals surface area contributed by atoms with Crippen LogP contribution in [0.2, 0.25) is 0 Å². The van der Waals surface area contributed by atoms with Gasteiger partial charge in [-0.05, 0) is 57.0 Å². The number of carbonyl (C=O) groups excluding carboxylic acids is 1. The molecule has 3 heteroatoms. The Kier molecular flexibility index (Phi) is 4.02. The predicted octanol–water partition coefficient (Wildman–Crippen LogP) is 2.41. The number of carbonyl (C=O) groups is 1. The highest BCUT2D eigenvalue weighted by molar-refractivity contribution is 5.93. The molecule has 0 aliphatic carbocycles. The van der Waals surface area contributed by atoms with Gasteiger partial charge in [0.05, 0.1) is 0 Å². The number of rotatable bonds is 1. The van der Waals surface area contributed by atoms with Crippen molar-refractivity contribution in [3.05, 3.63) is 29.3 Å². The number of hydrogen-bond donors (Lipinski definition) is 1. The third-order valence-corrected chi connectivity index (χ3v) is 3.64. The molecule has 0 aromatic heterocycles. The van der Waals surface area contributed by atoms with Crippen LogP contribution in [0.4, 0.5) is 5.69 Å². The number of nitrogens with zero attached hydrogens (tertiary/aromatic N) is 1. The molecule has 0 bridgehead atoms. The van der Waals surface area contributed by atoms with Gasteiger partial charge in [0, 0.05) is 24.7 Å². The maximum atomic E-state index is 12.3. The zero-order chi connectivity index (χ0) is 13.1. The lowest BCUT2D eigenvalue weighted by atomic mass is 10.1. The van der Waals surface area contributed by atoms with Crippen LogP contribution in [0, 0.1) is 13.8 Å². The Bertz CT molecular complexity index is 442. The molecule has 0 saturated carbocycles. The smallest absolute Gasteiger partial charge is 0.228 e. The quantitative estimate of drug-likeness (QED) is 0.825. The molecule has 3 nitrogen and oxygen atoms in total. The summed E-state index contributed by atoms with van der Waals surface area (Å²) >= 11 is 0. The summed E-state index contributed by atoms with van der Waals surface area (Å²) in [7, 11) is 0. The Morgan fingerprint density at radius 1 is 1.28 bits per heavy atom. The van der Waals surface area contributed by atoms with Crippen molar-refractivity contribution >= 4 is 11.6 Å². The van der Waals surface area contributed by atoms with Crippen molar-refractivity contribution in [1.29, 1.82) is 0 Å². The normalized spacial score (nSPS) is 21.6. The average Bonchev–Trinajstić information content (AvgIpc) is 2.31. The second kappa shape index (κ2) is 5.53. The van der Waals surface area contributed by atoms with Gasteiger partial charge in [0.15, 0.2) is 0 Å². The fourth-order valence-corrected chi connectivity index (χ4v) is 2.32. The fourth-order valence-electron chi connectivity index (χ4n) is 2.32. The van der Waals surface area contributed by atoms with E-state index in [0.29, 0.717) is 6.42 Å².